The van der Waals surface area contributed by atoms with Crippen LogP contribution in [-0.4, -0.2) is 37.2 Å². The summed E-state index contributed by atoms with van der Waals surface area (Å²) in [6, 6.07) is 12.1. The first-order valence-electron chi connectivity index (χ1n) is 9.61. The zero-order valence-corrected chi connectivity index (χ0v) is 18.6. The Morgan fingerprint density at radius 2 is 2.07 bits per heavy atom. The van der Waals surface area contributed by atoms with Crippen LogP contribution in [0.1, 0.15) is 22.3 Å². The molecule has 0 N–H and O–H groups in total. The van der Waals surface area contributed by atoms with E-state index in [1.807, 2.05) is 36.4 Å². The Bertz CT molecular complexity index is 1030. The number of carbonyl (C=O) groups excluding carboxylic acids is 1. The van der Waals surface area contributed by atoms with Gasteiger partial charge in [-0.05, 0) is 54.4 Å². The minimum Gasteiger partial charge on any atom is -0.493 e. The molecular formula is C24H26N2O3S. The van der Waals surface area contributed by atoms with E-state index < -0.39 is 0 Å². The predicted octanol–water partition coefficient (Wildman–Crippen LogP) is 4.84. The van der Waals surface area contributed by atoms with Crippen LogP contribution in [0, 0.1) is 6.92 Å². The van der Waals surface area contributed by atoms with Gasteiger partial charge in [0.05, 0.1) is 12.0 Å². The van der Waals surface area contributed by atoms with E-state index in [1.54, 1.807) is 26.1 Å². The second kappa shape index (κ2) is 9.67. The van der Waals surface area contributed by atoms with E-state index in [9.17, 15) is 4.79 Å². The summed E-state index contributed by atoms with van der Waals surface area (Å²) < 4.78 is 11.8. The van der Waals surface area contributed by atoms with Crippen LogP contribution in [0.25, 0.3) is 6.08 Å². The van der Waals surface area contributed by atoms with Gasteiger partial charge in [-0.25, -0.2) is 0 Å². The standard InChI is InChI=1S/C24H26N2O3S/c1-6-8-19-12-18(14-21-23(27)26(4)24(25-3)30-21)13-20(28-5)22(19)29-15-17-10-7-9-16(2)11-17/h6-7,9-14H,1,8,15H2,2-5H3/b21-14-,25-24?. The molecule has 0 radical (unpaired) electrons. The third-order valence-electron chi connectivity index (χ3n) is 4.70. The normalized spacial score (nSPS) is 16.4. The lowest BCUT2D eigenvalue weighted by Crippen LogP contribution is -2.23. The van der Waals surface area contributed by atoms with Gasteiger partial charge in [0, 0.05) is 19.7 Å². The van der Waals surface area contributed by atoms with E-state index in [0.717, 1.165) is 16.7 Å². The molecule has 1 fully saturated rings. The number of allylic oxidation sites excluding steroid dienone is 1. The number of amidine groups is 1. The molecule has 0 bridgehead atoms. The van der Waals surface area contributed by atoms with Crippen molar-refractivity contribution in [1.82, 2.24) is 4.90 Å². The summed E-state index contributed by atoms with van der Waals surface area (Å²) in [5.41, 5.74) is 4.11. The topological polar surface area (TPSA) is 51.1 Å². The molecule has 5 nitrogen and oxygen atoms in total. The summed E-state index contributed by atoms with van der Waals surface area (Å²) in [4.78, 5) is 18.8. The van der Waals surface area contributed by atoms with Gasteiger partial charge in [0.15, 0.2) is 16.7 Å². The molecule has 0 unspecified atom stereocenters. The molecular weight excluding hydrogens is 396 g/mol. The smallest absolute Gasteiger partial charge is 0.266 e. The Morgan fingerprint density at radius 3 is 2.70 bits per heavy atom. The Labute approximate surface area is 182 Å². The number of methoxy groups -OCH3 is 1. The molecule has 0 aromatic heterocycles. The van der Waals surface area contributed by atoms with Crippen molar-refractivity contribution in [3.05, 3.63) is 76.2 Å². The highest BCUT2D eigenvalue weighted by Crippen LogP contribution is 2.37. The molecule has 0 saturated carbocycles. The molecule has 1 heterocycles. The van der Waals surface area contributed by atoms with E-state index in [-0.39, 0.29) is 5.91 Å². The Morgan fingerprint density at radius 1 is 1.27 bits per heavy atom. The SMILES string of the molecule is C=CCc1cc(/C=C2\SC(=NC)N(C)C2=O)cc(OC)c1OCc1cccc(C)c1. The fraction of sp³-hybridized carbons (Fsp3) is 0.250. The molecule has 2 aromatic rings. The average molecular weight is 423 g/mol. The van der Waals surface area contributed by atoms with Crippen molar-refractivity contribution in [2.24, 2.45) is 4.99 Å². The minimum atomic E-state index is -0.0652. The Kier molecular flexibility index (Phi) is 7.00. The fourth-order valence-corrected chi connectivity index (χ4v) is 4.17. The molecule has 0 spiro atoms. The van der Waals surface area contributed by atoms with Gasteiger partial charge < -0.3 is 9.47 Å². The van der Waals surface area contributed by atoms with Crippen molar-refractivity contribution in [2.75, 3.05) is 21.2 Å². The number of nitrogens with zero attached hydrogens (tertiary/aromatic N) is 2. The van der Waals surface area contributed by atoms with Crippen LogP contribution in [0.3, 0.4) is 0 Å². The quantitative estimate of drug-likeness (QED) is 0.473. The van der Waals surface area contributed by atoms with Crippen LogP contribution in [-0.2, 0) is 17.8 Å². The highest BCUT2D eigenvalue weighted by atomic mass is 32.2. The van der Waals surface area contributed by atoms with Crippen molar-refractivity contribution in [3.63, 3.8) is 0 Å². The van der Waals surface area contributed by atoms with Crippen molar-refractivity contribution < 1.29 is 14.3 Å². The van der Waals surface area contributed by atoms with E-state index >= 15 is 0 Å². The lowest BCUT2D eigenvalue weighted by atomic mass is 10.0. The molecule has 2 aromatic carbocycles. The van der Waals surface area contributed by atoms with E-state index in [1.165, 1.54) is 17.3 Å². The summed E-state index contributed by atoms with van der Waals surface area (Å²) in [5, 5.41) is 0.683. The van der Waals surface area contributed by atoms with Gasteiger partial charge in [-0.15, -0.1) is 6.58 Å². The monoisotopic (exact) mass is 422 g/mol. The first-order chi connectivity index (χ1) is 14.5. The first kappa shape index (κ1) is 21.7. The fourth-order valence-electron chi connectivity index (χ4n) is 3.25. The zero-order valence-electron chi connectivity index (χ0n) is 17.8. The van der Waals surface area contributed by atoms with Crippen LogP contribution in [0.2, 0.25) is 0 Å². The van der Waals surface area contributed by atoms with Crippen LogP contribution >= 0.6 is 11.8 Å². The number of amides is 1. The highest BCUT2D eigenvalue weighted by Gasteiger charge is 2.29. The second-order valence-corrected chi connectivity index (χ2v) is 7.97. The highest BCUT2D eigenvalue weighted by molar-refractivity contribution is 8.18. The maximum atomic E-state index is 12.5. The van der Waals surface area contributed by atoms with Gasteiger partial charge in [0.1, 0.15) is 6.61 Å². The number of aliphatic imine (C=N–C) groups is 1. The maximum absolute atomic E-state index is 12.5. The Balaban J connectivity index is 1.94. The van der Waals surface area contributed by atoms with Crippen LogP contribution in [0.4, 0.5) is 0 Å². The number of benzene rings is 2. The van der Waals surface area contributed by atoms with Crippen molar-refractivity contribution >= 4 is 28.9 Å². The van der Waals surface area contributed by atoms with Gasteiger partial charge in [-0.2, -0.15) is 0 Å². The van der Waals surface area contributed by atoms with Crippen LogP contribution in [0.5, 0.6) is 11.5 Å². The maximum Gasteiger partial charge on any atom is 0.266 e. The van der Waals surface area contributed by atoms with Gasteiger partial charge in [0.25, 0.3) is 5.91 Å². The van der Waals surface area contributed by atoms with Gasteiger partial charge in [0.2, 0.25) is 0 Å². The molecule has 1 aliphatic heterocycles. The molecule has 1 amide bonds. The van der Waals surface area contributed by atoms with E-state index in [2.05, 4.69) is 30.6 Å². The summed E-state index contributed by atoms with van der Waals surface area (Å²) in [6.07, 6.45) is 4.32. The number of carbonyl (C=O) groups is 1. The average Bonchev–Trinajstić information content (AvgIpc) is 3.00. The van der Waals surface area contributed by atoms with E-state index in [0.29, 0.717) is 34.6 Å². The molecule has 30 heavy (non-hydrogen) atoms. The number of hydrogen-bond donors (Lipinski definition) is 0. The molecule has 0 aliphatic carbocycles. The zero-order chi connectivity index (χ0) is 21.7. The number of likely N-dealkylation sites (N-methyl/N-ethyl adjacent to an activating group) is 1. The lowest BCUT2D eigenvalue weighted by molar-refractivity contribution is -0.121. The number of thioether (sulfide) groups is 1. The summed E-state index contributed by atoms with van der Waals surface area (Å²) in [6.45, 7) is 6.37. The number of ether oxygens (including phenoxy) is 2. The molecule has 156 valence electrons. The third-order valence-corrected chi connectivity index (χ3v) is 5.85. The molecule has 6 heteroatoms. The summed E-state index contributed by atoms with van der Waals surface area (Å²) >= 11 is 1.36. The number of aryl methyl sites for hydroxylation is 1. The largest absolute Gasteiger partial charge is 0.493 e. The summed E-state index contributed by atoms with van der Waals surface area (Å²) in [7, 11) is 5.03. The van der Waals surface area contributed by atoms with Crippen LogP contribution < -0.4 is 9.47 Å². The minimum absolute atomic E-state index is 0.0652. The molecule has 1 saturated heterocycles. The summed E-state index contributed by atoms with van der Waals surface area (Å²) in [5.74, 6) is 1.26. The molecule has 1 aliphatic rings. The molecule has 3 rings (SSSR count). The Hall–Kier alpha value is -2.99. The van der Waals surface area contributed by atoms with Gasteiger partial charge in [-0.3, -0.25) is 14.7 Å². The van der Waals surface area contributed by atoms with Gasteiger partial charge in [-0.1, -0.05) is 35.9 Å². The number of hydrogen-bond acceptors (Lipinski definition) is 5. The predicted molar refractivity (Wildman–Crippen MR) is 124 cm³/mol. The van der Waals surface area contributed by atoms with Crippen molar-refractivity contribution in [1.29, 1.82) is 0 Å². The van der Waals surface area contributed by atoms with Crippen molar-refractivity contribution in [2.45, 2.75) is 20.0 Å². The third kappa shape index (κ3) is 4.76. The first-order valence-corrected chi connectivity index (χ1v) is 10.4. The second-order valence-electron chi connectivity index (χ2n) is 6.96. The number of rotatable bonds is 7. The van der Waals surface area contributed by atoms with Gasteiger partial charge >= 0.3 is 0 Å². The van der Waals surface area contributed by atoms with Crippen molar-refractivity contribution in [3.8, 4) is 11.5 Å². The lowest BCUT2D eigenvalue weighted by Gasteiger charge is -2.16. The van der Waals surface area contributed by atoms with Crippen LogP contribution in [0.15, 0.2) is 59.0 Å². The van der Waals surface area contributed by atoms with E-state index in [4.69, 9.17) is 9.47 Å². The molecule has 0 atom stereocenters.